The van der Waals surface area contributed by atoms with Gasteiger partial charge in [0.05, 0.1) is 0 Å². The number of hydrogen-bond acceptors (Lipinski definition) is 0. The van der Waals surface area contributed by atoms with Crippen LogP contribution >= 0.6 is 0 Å². The molecule has 0 fully saturated rings. The van der Waals surface area contributed by atoms with Gasteiger partial charge in [0.1, 0.15) is 0 Å². The summed E-state index contributed by atoms with van der Waals surface area (Å²) < 4.78 is 2.45. The van der Waals surface area contributed by atoms with Crippen LogP contribution in [0, 0.1) is 0 Å². The average Bonchev–Trinajstić information content (AvgIpc) is 2.93. The Bertz CT molecular complexity index is 1090. The highest BCUT2D eigenvalue weighted by molar-refractivity contribution is 5.95. The summed E-state index contributed by atoms with van der Waals surface area (Å²) in [7, 11) is 2.25. The molecule has 0 saturated carbocycles. The van der Waals surface area contributed by atoms with Crippen LogP contribution in [0.1, 0.15) is 56.5 Å². The zero-order chi connectivity index (χ0) is 18.3. The lowest BCUT2D eigenvalue weighted by atomic mass is 9.57. The molecule has 132 valence electrons. The maximum absolute atomic E-state index is 2.45. The highest BCUT2D eigenvalue weighted by Gasteiger charge is 2.46. The SMILES string of the molecule is Cn1c2c(c3ccccc31)CCC1=C2C(C)(C)c2ccccc2C1(C)C. The molecule has 5 rings (SSSR count). The number of rotatable bonds is 0. The van der Waals surface area contributed by atoms with Crippen molar-refractivity contribution in [3.05, 3.63) is 76.5 Å². The van der Waals surface area contributed by atoms with Gasteiger partial charge in [0.15, 0.2) is 0 Å². The number of aryl methyl sites for hydroxylation is 2. The molecule has 0 bridgehead atoms. The van der Waals surface area contributed by atoms with Crippen molar-refractivity contribution in [2.45, 2.75) is 51.4 Å². The fourth-order valence-electron chi connectivity index (χ4n) is 5.73. The third-order valence-corrected chi connectivity index (χ3v) is 7.03. The molecule has 0 N–H and O–H groups in total. The van der Waals surface area contributed by atoms with Gasteiger partial charge in [0.25, 0.3) is 0 Å². The molecule has 0 aliphatic heterocycles. The quantitative estimate of drug-likeness (QED) is 0.462. The van der Waals surface area contributed by atoms with Crippen LogP contribution in [0.3, 0.4) is 0 Å². The standard InChI is InChI=1S/C25H27N/c1-24(2)18-11-7-8-12-19(18)25(3,4)22-20(24)15-14-17-16-10-6-9-13-21(16)26(5)23(17)22/h6-13H,14-15H2,1-5H3. The highest BCUT2D eigenvalue weighted by Crippen LogP contribution is 2.57. The van der Waals surface area contributed by atoms with Gasteiger partial charge in [-0.2, -0.15) is 0 Å². The van der Waals surface area contributed by atoms with Crippen LogP contribution in [0.5, 0.6) is 0 Å². The number of para-hydroxylation sites is 1. The maximum atomic E-state index is 2.45. The summed E-state index contributed by atoms with van der Waals surface area (Å²) in [6.45, 7) is 9.68. The third kappa shape index (κ3) is 1.76. The van der Waals surface area contributed by atoms with E-state index in [1.54, 1.807) is 16.7 Å². The summed E-state index contributed by atoms with van der Waals surface area (Å²) in [6, 6.07) is 18.0. The third-order valence-electron chi connectivity index (χ3n) is 7.03. The van der Waals surface area contributed by atoms with Crippen molar-refractivity contribution in [1.29, 1.82) is 0 Å². The second-order valence-electron chi connectivity index (χ2n) is 9.05. The van der Waals surface area contributed by atoms with Crippen molar-refractivity contribution < 1.29 is 0 Å². The second kappa shape index (κ2) is 4.91. The molecule has 0 amide bonds. The van der Waals surface area contributed by atoms with Crippen molar-refractivity contribution in [2.75, 3.05) is 0 Å². The zero-order valence-corrected chi connectivity index (χ0v) is 16.5. The van der Waals surface area contributed by atoms with Crippen molar-refractivity contribution >= 4 is 16.5 Å². The van der Waals surface area contributed by atoms with E-state index in [0.717, 1.165) is 6.42 Å². The van der Waals surface area contributed by atoms with Crippen LogP contribution in [-0.4, -0.2) is 4.57 Å². The number of fused-ring (bicyclic) bond motifs is 5. The molecule has 1 heteroatoms. The number of benzene rings is 2. The Morgan fingerprint density at radius 3 is 2.12 bits per heavy atom. The second-order valence-corrected chi connectivity index (χ2v) is 9.05. The van der Waals surface area contributed by atoms with Gasteiger partial charge in [0, 0.05) is 34.5 Å². The van der Waals surface area contributed by atoms with E-state index in [-0.39, 0.29) is 10.8 Å². The Balaban J connectivity index is 1.92. The molecule has 2 aliphatic rings. The first kappa shape index (κ1) is 15.9. The van der Waals surface area contributed by atoms with Crippen LogP contribution in [0.25, 0.3) is 16.5 Å². The van der Waals surface area contributed by atoms with Gasteiger partial charge in [-0.25, -0.2) is 0 Å². The number of nitrogens with zero attached hydrogens (tertiary/aromatic N) is 1. The highest BCUT2D eigenvalue weighted by atomic mass is 15.0. The van der Waals surface area contributed by atoms with E-state index in [1.165, 1.54) is 34.1 Å². The lowest BCUT2D eigenvalue weighted by Gasteiger charge is -2.47. The number of hydrogen-bond donors (Lipinski definition) is 0. The first-order valence-corrected chi connectivity index (χ1v) is 9.76. The molecule has 0 saturated heterocycles. The van der Waals surface area contributed by atoms with Crippen molar-refractivity contribution in [2.24, 2.45) is 7.05 Å². The molecule has 2 aliphatic carbocycles. The molecule has 0 unspecified atom stereocenters. The minimum atomic E-state index is 0.0265. The van der Waals surface area contributed by atoms with E-state index < -0.39 is 0 Å². The molecule has 0 radical (unpaired) electrons. The summed E-state index contributed by atoms with van der Waals surface area (Å²) in [4.78, 5) is 0. The lowest BCUT2D eigenvalue weighted by Crippen LogP contribution is -2.38. The molecular formula is C25H27N. The van der Waals surface area contributed by atoms with Crippen molar-refractivity contribution in [3.63, 3.8) is 0 Å². The lowest BCUT2D eigenvalue weighted by molar-refractivity contribution is 0.517. The normalized spacial score (nSPS) is 19.9. The molecule has 1 nitrogen and oxygen atoms in total. The van der Waals surface area contributed by atoms with E-state index in [4.69, 9.17) is 0 Å². The summed E-state index contributed by atoms with van der Waals surface area (Å²) >= 11 is 0. The maximum Gasteiger partial charge on any atom is 0.0489 e. The summed E-state index contributed by atoms with van der Waals surface area (Å²) in [5.74, 6) is 0. The van der Waals surface area contributed by atoms with Gasteiger partial charge in [0.2, 0.25) is 0 Å². The van der Waals surface area contributed by atoms with Gasteiger partial charge in [-0.05, 0) is 41.2 Å². The van der Waals surface area contributed by atoms with E-state index in [2.05, 4.69) is 87.8 Å². The van der Waals surface area contributed by atoms with Crippen molar-refractivity contribution in [1.82, 2.24) is 4.57 Å². The predicted molar refractivity (Wildman–Crippen MR) is 111 cm³/mol. The first-order chi connectivity index (χ1) is 12.3. The van der Waals surface area contributed by atoms with Crippen LogP contribution in [0.2, 0.25) is 0 Å². The van der Waals surface area contributed by atoms with E-state index in [0.29, 0.717) is 0 Å². The fraction of sp³-hybridized carbons (Fsp3) is 0.360. The average molecular weight is 341 g/mol. The molecule has 1 heterocycles. The van der Waals surface area contributed by atoms with Gasteiger partial charge in [-0.3, -0.25) is 0 Å². The first-order valence-electron chi connectivity index (χ1n) is 9.76. The zero-order valence-electron chi connectivity index (χ0n) is 16.5. The topological polar surface area (TPSA) is 4.93 Å². The van der Waals surface area contributed by atoms with Crippen LogP contribution in [0.15, 0.2) is 54.1 Å². The molecule has 1 aromatic heterocycles. The Morgan fingerprint density at radius 1 is 0.769 bits per heavy atom. The molecule has 26 heavy (non-hydrogen) atoms. The van der Waals surface area contributed by atoms with E-state index in [9.17, 15) is 0 Å². The van der Waals surface area contributed by atoms with Gasteiger partial charge < -0.3 is 4.57 Å². The van der Waals surface area contributed by atoms with Crippen LogP contribution in [-0.2, 0) is 24.3 Å². The predicted octanol–water partition coefficient (Wildman–Crippen LogP) is 6.15. The number of aromatic nitrogens is 1. The molecule has 2 aromatic carbocycles. The number of allylic oxidation sites excluding steroid dienone is 2. The summed E-state index contributed by atoms with van der Waals surface area (Å²) in [6.07, 6.45) is 2.32. The van der Waals surface area contributed by atoms with Crippen LogP contribution in [0.4, 0.5) is 0 Å². The van der Waals surface area contributed by atoms with Crippen LogP contribution < -0.4 is 0 Å². The van der Waals surface area contributed by atoms with Gasteiger partial charge in [-0.15, -0.1) is 0 Å². The van der Waals surface area contributed by atoms with Crippen molar-refractivity contribution in [3.8, 4) is 0 Å². The van der Waals surface area contributed by atoms with Gasteiger partial charge in [-0.1, -0.05) is 75.7 Å². The Labute approximate surface area is 156 Å². The fourth-order valence-corrected chi connectivity index (χ4v) is 5.73. The Morgan fingerprint density at radius 2 is 1.38 bits per heavy atom. The Hall–Kier alpha value is -2.28. The summed E-state index contributed by atoms with van der Waals surface area (Å²) in [5.41, 5.74) is 10.7. The minimum absolute atomic E-state index is 0.0265. The largest absolute Gasteiger partial charge is 0.344 e. The molecule has 0 atom stereocenters. The summed E-state index contributed by atoms with van der Waals surface area (Å²) in [5, 5.41) is 1.43. The Kier molecular flexibility index (Phi) is 3.01. The monoisotopic (exact) mass is 341 g/mol. The minimum Gasteiger partial charge on any atom is -0.344 e. The molecular weight excluding hydrogens is 314 g/mol. The van der Waals surface area contributed by atoms with Gasteiger partial charge >= 0.3 is 0 Å². The van der Waals surface area contributed by atoms with E-state index in [1.807, 2.05) is 0 Å². The molecule has 3 aromatic rings. The smallest absolute Gasteiger partial charge is 0.0489 e. The van der Waals surface area contributed by atoms with E-state index >= 15 is 0 Å². The molecule has 0 spiro atoms.